The standard InChI is InChI=1S/C15H18BrN3O2S.ClH/c1-21-12(8-17)7-14(20)19-15-18-9-13(22-15)6-10-2-4-11(16)5-3-10;/h2-5,9,12H,6-8,17H2,1H3,(H,18,19,20);1H. The number of amides is 1. The molecule has 0 bridgehead atoms. The van der Waals surface area contributed by atoms with Crippen molar-refractivity contribution in [3.63, 3.8) is 0 Å². The maximum absolute atomic E-state index is 11.9. The van der Waals surface area contributed by atoms with Gasteiger partial charge in [0.15, 0.2) is 5.13 Å². The van der Waals surface area contributed by atoms with Crippen molar-refractivity contribution in [3.8, 4) is 0 Å². The Balaban J connectivity index is 0.00000264. The van der Waals surface area contributed by atoms with Crippen molar-refractivity contribution in [3.05, 3.63) is 45.4 Å². The molecule has 0 aliphatic carbocycles. The fourth-order valence-electron chi connectivity index (χ4n) is 1.89. The van der Waals surface area contributed by atoms with E-state index < -0.39 is 0 Å². The lowest BCUT2D eigenvalue weighted by molar-refractivity contribution is -0.118. The zero-order valence-corrected chi connectivity index (χ0v) is 15.8. The van der Waals surface area contributed by atoms with Crippen LogP contribution in [-0.2, 0) is 16.0 Å². The fourth-order valence-corrected chi connectivity index (χ4v) is 3.02. The van der Waals surface area contributed by atoms with Crippen LogP contribution in [0.4, 0.5) is 5.13 Å². The molecule has 0 aliphatic heterocycles. The molecule has 1 heterocycles. The number of methoxy groups -OCH3 is 1. The summed E-state index contributed by atoms with van der Waals surface area (Å²) >= 11 is 4.89. The van der Waals surface area contributed by atoms with Gasteiger partial charge < -0.3 is 15.8 Å². The minimum atomic E-state index is -0.262. The van der Waals surface area contributed by atoms with Crippen LogP contribution in [0.3, 0.4) is 0 Å². The molecule has 0 saturated heterocycles. The Morgan fingerprint density at radius 1 is 1.43 bits per heavy atom. The summed E-state index contributed by atoms with van der Waals surface area (Å²) in [6.45, 7) is 0.316. The van der Waals surface area contributed by atoms with Gasteiger partial charge in [-0.2, -0.15) is 0 Å². The zero-order valence-electron chi connectivity index (χ0n) is 12.6. The third-order valence-corrected chi connectivity index (χ3v) is 4.54. The number of nitrogens with one attached hydrogen (secondary N) is 1. The molecular weight excluding hydrogens is 402 g/mol. The van der Waals surface area contributed by atoms with Crippen LogP contribution in [0.2, 0.25) is 0 Å². The Morgan fingerprint density at radius 3 is 2.74 bits per heavy atom. The van der Waals surface area contributed by atoms with Crippen LogP contribution in [0.15, 0.2) is 34.9 Å². The van der Waals surface area contributed by atoms with Crippen LogP contribution in [0, 0.1) is 0 Å². The molecule has 2 aromatic rings. The van der Waals surface area contributed by atoms with Crippen LogP contribution in [0.25, 0.3) is 0 Å². The van der Waals surface area contributed by atoms with Gasteiger partial charge in [0.2, 0.25) is 5.91 Å². The largest absolute Gasteiger partial charge is 0.380 e. The number of carbonyl (C=O) groups excluding carboxylic acids is 1. The van der Waals surface area contributed by atoms with E-state index in [9.17, 15) is 4.79 Å². The summed E-state index contributed by atoms with van der Waals surface area (Å²) in [4.78, 5) is 17.2. The monoisotopic (exact) mass is 419 g/mol. The number of hydrogen-bond acceptors (Lipinski definition) is 5. The molecule has 2 rings (SSSR count). The number of rotatable bonds is 7. The number of hydrogen-bond donors (Lipinski definition) is 2. The highest BCUT2D eigenvalue weighted by Crippen LogP contribution is 2.22. The van der Waals surface area contributed by atoms with Crippen molar-refractivity contribution < 1.29 is 9.53 Å². The predicted octanol–water partition coefficient (Wildman–Crippen LogP) is 3.22. The van der Waals surface area contributed by atoms with Crippen LogP contribution in [-0.4, -0.2) is 30.6 Å². The number of nitrogens with two attached hydrogens (primary N) is 1. The maximum atomic E-state index is 11.9. The van der Waals surface area contributed by atoms with Gasteiger partial charge in [-0.25, -0.2) is 4.98 Å². The van der Waals surface area contributed by atoms with Gasteiger partial charge >= 0.3 is 0 Å². The van der Waals surface area contributed by atoms with Crippen molar-refractivity contribution in [2.24, 2.45) is 5.73 Å². The van der Waals surface area contributed by atoms with E-state index in [4.69, 9.17) is 10.5 Å². The molecule has 8 heteroatoms. The molecule has 126 valence electrons. The van der Waals surface area contributed by atoms with E-state index in [-0.39, 0.29) is 30.8 Å². The first kappa shape index (κ1) is 20.1. The average molecular weight is 421 g/mol. The van der Waals surface area contributed by atoms with Gasteiger partial charge in [0.05, 0.1) is 12.5 Å². The maximum Gasteiger partial charge on any atom is 0.228 e. The Kier molecular flexibility index (Phi) is 8.72. The zero-order chi connectivity index (χ0) is 15.9. The van der Waals surface area contributed by atoms with E-state index in [1.54, 1.807) is 13.3 Å². The molecule has 1 aromatic carbocycles. The highest BCUT2D eigenvalue weighted by Gasteiger charge is 2.13. The van der Waals surface area contributed by atoms with Crippen molar-refractivity contribution in [1.29, 1.82) is 0 Å². The third kappa shape index (κ3) is 6.56. The molecule has 0 saturated carbocycles. The van der Waals surface area contributed by atoms with E-state index in [0.29, 0.717) is 11.7 Å². The molecule has 0 aliphatic rings. The highest BCUT2D eigenvalue weighted by atomic mass is 79.9. The summed E-state index contributed by atoms with van der Waals surface area (Å²) < 4.78 is 6.15. The predicted molar refractivity (Wildman–Crippen MR) is 99.4 cm³/mol. The number of anilines is 1. The molecular formula is C15H19BrClN3O2S. The normalized spacial score (nSPS) is 11.6. The fraction of sp³-hybridized carbons (Fsp3) is 0.333. The number of ether oxygens (including phenoxy) is 1. The minimum Gasteiger partial charge on any atom is -0.380 e. The van der Waals surface area contributed by atoms with Crippen molar-refractivity contribution in [2.45, 2.75) is 18.9 Å². The molecule has 1 atom stereocenters. The first-order chi connectivity index (χ1) is 10.6. The topological polar surface area (TPSA) is 77.2 Å². The number of halogens is 2. The second-order valence-electron chi connectivity index (χ2n) is 4.78. The number of carbonyl (C=O) groups is 1. The summed E-state index contributed by atoms with van der Waals surface area (Å²) in [5.41, 5.74) is 6.71. The smallest absolute Gasteiger partial charge is 0.228 e. The molecule has 5 nitrogen and oxygen atoms in total. The Labute approximate surface area is 154 Å². The minimum absolute atomic E-state index is 0. The van der Waals surface area contributed by atoms with Gasteiger partial charge in [0, 0.05) is 35.6 Å². The van der Waals surface area contributed by atoms with Gasteiger partial charge in [-0.1, -0.05) is 28.1 Å². The Morgan fingerprint density at radius 2 is 2.13 bits per heavy atom. The van der Waals surface area contributed by atoms with E-state index in [0.717, 1.165) is 15.8 Å². The van der Waals surface area contributed by atoms with Crippen LogP contribution >= 0.6 is 39.7 Å². The van der Waals surface area contributed by atoms with Crippen LogP contribution < -0.4 is 11.1 Å². The summed E-state index contributed by atoms with van der Waals surface area (Å²) in [7, 11) is 1.55. The molecule has 23 heavy (non-hydrogen) atoms. The van der Waals surface area contributed by atoms with Crippen LogP contribution in [0.5, 0.6) is 0 Å². The number of thiazole rings is 1. The van der Waals surface area contributed by atoms with Gasteiger partial charge in [0.25, 0.3) is 0 Å². The quantitative estimate of drug-likeness (QED) is 0.721. The second-order valence-corrected chi connectivity index (χ2v) is 6.81. The lowest BCUT2D eigenvalue weighted by Crippen LogP contribution is -2.28. The molecule has 0 radical (unpaired) electrons. The summed E-state index contributed by atoms with van der Waals surface area (Å²) in [6.07, 6.45) is 2.56. The molecule has 0 spiro atoms. The van der Waals surface area contributed by atoms with Gasteiger partial charge in [0.1, 0.15) is 0 Å². The third-order valence-electron chi connectivity index (χ3n) is 3.10. The van der Waals surface area contributed by atoms with Crippen LogP contribution in [0.1, 0.15) is 16.9 Å². The van der Waals surface area contributed by atoms with E-state index in [1.807, 2.05) is 12.1 Å². The molecule has 1 aromatic heterocycles. The number of benzene rings is 1. The second kappa shape index (κ2) is 10.00. The molecule has 1 unspecified atom stereocenters. The van der Waals surface area contributed by atoms with Crippen molar-refractivity contribution in [2.75, 3.05) is 19.0 Å². The van der Waals surface area contributed by atoms with Gasteiger partial charge in [-0.05, 0) is 17.7 Å². The molecule has 1 amide bonds. The van der Waals surface area contributed by atoms with Gasteiger partial charge in [-0.15, -0.1) is 23.7 Å². The van der Waals surface area contributed by atoms with E-state index in [1.165, 1.54) is 16.9 Å². The first-order valence-corrected chi connectivity index (χ1v) is 8.43. The van der Waals surface area contributed by atoms with E-state index in [2.05, 4.69) is 38.4 Å². The van der Waals surface area contributed by atoms with Crippen molar-refractivity contribution >= 4 is 50.7 Å². The molecule has 0 fully saturated rings. The summed E-state index contributed by atoms with van der Waals surface area (Å²) in [5, 5.41) is 3.38. The summed E-state index contributed by atoms with van der Waals surface area (Å²) in [6, 6.07) is 8.15. The van der Waals surface area contributed by atoms with Crippen molar-refractivity contribution in [1.82, 2.24) is 4.98 Å². The summed E-state index contributed by atoms with van der Waals surface area (Å²) in [5.74, 6) is -0.137. The Bertz CT molecular complexity index is 617. The van der Waals surface area contributed by atoms with Gasteiger partial charge in [-0.3, -0.25) is 4.79 Å². The lowest BCUT2D eigenvalue weighted by Gasteiger charge is -2.11. The lowest BCUT2D eigenvalue weighted by atomic mass is 10.1. The Hall–Kier alpha value is -0.990. The molecule has 3 N–H and O–H groups in total. The van der Waals surface area contributed by atoms with E-state index >= 15 is 0 Å². The SMILES string of the molecule is COC(CN)CC(=O)Nc1ncc(Cc2ccc(Br)cc2)s1.Cl. The first-order valence-electron chi connectivity index (χ1n) is 6.82. The average Bonchev–Trinajstić information content (AvgIpc) is 2.94. The highest BCUT2D eigenvalue weighted by molar-refractivity contribution is 9.10. The number of nitrogens with zero attached hydrogens (tertiary/aromatic N) is 1. The number of aromatic nitrogens is 1.